The zero-order valence-corrected chi connectivity index (χ0v) is 9.18. The molecule has 0 aliphatic rings. The molecule has 0 aliphatic heterocycles. The number of rotatable bonds is 3. The SMILES string of the molecule is CC/C=C(\O)Cc1cc(C(F)(F)F)ccc1F. The largest absolute Gasteiger partial charge is 0.512 e. The van der Waals surface area contributed by atoms with Gasteiger partial charge in [-0.3, -0.25) is 0 Å². The van der Waals surface area contributed by atoms with Crippen LogP contribution < -0.4 is 0 Å². The normalized spacial score (nSPS) is 12.9. The predicted molar refractivity (Wildman–Crippen MR) is 56.1 cm³/mol. The zero-order chi connectivity index (χ0) is 13.1. The van der Waals surface area contributed by atoms with Gasteiger partial charge in [-0.2, -0.15) is 13.2 Å². The van der Waals surface area contributed by atoms with Crippen LogP contribution in [-0.4, -0.2) is 5.11 Å². The summed E-state index contributed by atoms with van der Waals surface area (Å²) in [5.41, 5.74) is -1.08. The molecule has 0 heterocycles. The van der Waals surface area contributed by atoms with Gasteiger partial charge in [-0.25, -0.2) is 4.39 Å². The van der Waals surface area contributed by atoms with Gasteiger partial charge in [0, 0.05) is 6.42 Å². The van der Waals surface area contributed by atoms with Crippen LogP contribution >= 0.6 is 0 Å². The molecule has 0 saturated carbocycles. The fourth-order valence-electron chi connectivity index (χ4n) is 1.39. The van der Waals surface area contributed by atoms with Gasteiger partial charge in [-0.15, -0.1) is 0 Å². The molecule has 0 bridgehead atoms. The van der Waals surface area contributed by atoms with E-state index in [4.69, 9.17) is 0 Å². The molecule has 0 atom stereocenters. The topological polar surface area (TPSA) is 20.2 Å². The highest BCUT2D eigenvalue weighted by molar-refractivity contribution is 5.29. The van der Waals surface area contributed by atoms with Crippen LogP contribution in [0.2, 0.25) is 0 Å². The summed E-state index contributed by atoms with van der Waals surface area (Å²) in [7, 11) is 0. The number of alkyl halides is 3. The molecule has 0 radical (unpaired) electrons. The molecule has 1 aromatic carbocycles. The molecular formula is C12H12F4O. The van der Waals surface area contributed by atoms with Crippen LogP contribution in [0, 0.1) is 5.82 Å². The molecule has 1 aromatic rings. The van der Waals surface area contributed by atoms with Crippen LogP contribution in [0.1, 0.15) is 24.5 Å². The number of hydrogen-bond acceptors (Lipinski definition) is 1. The summed E-state index contributed by atoms with van der Waals surface area (Å²) >= 11 is 0. The fraction of sp³-hybridized carbons (Fsp3) is 0.333. The first kappa shape index (κ1) is 13.5. The molecule has 5 heteroatoms. The third-order valence-electron chi connectivity index (χ3n) is 2.18. The summed E-state index contributed by atoms with van der Waals surface area (Å²) in [6.45, 7) is 1.76. The molecule has 0 fully saturated rings. The van der Waals surface area contributed by atoms with Crippen LogP contribution in [0.25, 0.3) is 0 Å². The van der Waals surface area contributed by atoms with E-state index in [1.165, 1.54) is 6.08 Å². The zero-order valence-electron chi connectivity index (χ0n) is 9.18. The highest BCUT2D eigenvalue weighted by atomic mass is 19.4. The van der Waals surface area contributed by atoms with Crippen molar-refractivity contribution < 1.29 is 22.7 Å². The first-order chi connectivity index (χ1) is 7.84. The Hall–Kier alpha value is -1.52. The average molecular weight is 248 g/mol. The molecule has 0 aromatic heterocycles. The van der Waals surface area contributed by atoms with Crippen molar-refractivity contribution in [2.45, 2.75) is 25.9 Å². The van der Waals surface area contributed by atoms with Gasteiger partial charge < -0.3 is 5.11 Å². The van der Waals surface area contributed by atoms with Crippen molar-refractivity contribution in [2.75, 3.05) is 0 Å². The van der Waals surface area contributed by atoms with Gasteiger partial charge in [0.1, 0.15) is 5.82 Å². The van der Waals surface area contributed by atoms with Crippen molar-refractivity contribution in [1.82, 2.24) is 0 Å². The Morgan fingerprint density at radius 1 is 1.35 bits per heavy atom. The lowest BCUT2D eigenvalue weighted by Gasteiger charge is -2.09. The standard InChI is InChI=1S/C12H12F4O/c1-2-3-10(17)7-8-6-9(12(14,15)16)4-5-11(8)13/h3-6,17H,2,7H2,1H3/b10-3-. The van der Waals surface area contributed by atoms with Gasteiger partial charge in [0.15, 0.2) is 0 Å². The Balaban J connectivity index is 3.03. The lowest BCUT2D eigenvalue weighted by Crippen LogP contribution is -2.06. The van der Waals surface area contributed by atoms with E-state index in [2.05, 4.69) is 0 Å². The Morgan fingerprint density at radius 3 is 2.53 bits per heavy atom. The second-order valence-corrected chi connectivity index (χ2v) is 3.58. The van der Waals surface area contributed by atoms with Crippen LogP contribution in [0.4, 0.5) is 17.6 Å². The minimum Gasteiger partial charge on any atom is -0.512 e. The summed E-state index contributed by atoms with van der Waals surface area (Å²) in [4.78, 5) is 0. The minimum absolute atomic E-state index is 0.134. The highest BCUT2D eigenvalue weighted by Gasteiger charge is 2.31. The van der Waals surface area contributed by atoms with Crippen LogP contribution in [0.5, 0.6) is 0 Å². The van der Waals surface area contributed by atoms with E-state index >= 15 is 0 Å². The maximum Gasteiger partial charge on any atom is 0.416 e. The Morgan fingerprint density at radius 2 is 2.00 bits per heavy atom. The second-order valence-electron chi connectivity index (χ2n) is 3.58. The summed E-state index contributed by atoms with van der Waals surface area (Å²) in [5.74, 6) is -0.889. The summed E-state index contributed by atoms with van der Waals surface area (Å²) in [5, 5.41) is 9.33. The van der Waals surface area contributed by atoms with E-state index in [1.807, 2.05) is 0 Å². The number of allylic oxidation sites excluding steroid dienone is 2. The number of hydrogen-bond donors (Lipinski definition) is 1. The number of aliphatic hydroxyl groups is 1. The molecule has 17 heavy (non-hydrogen) atoms. The molecule has 0 amide bonds. The van der Waals surface area contributed by atoms with E-state index in [9.17, 15) is 22.7 Å². The molecule has 1 rings (SSSR count). The molecule has 0 aliphatic carbocycles. The molecule has 0 unspecified atom stereocenters. The first-order valence-corrected chi connectivity index (χ1v) is 5.08. The molecular weight excluding hydrogens is 236 g/mol. The molecule has 1 nitrogen and oxygen atoms in total. The molecule has 94 valence electrons. The second kappa shape index (κ2) is 5.21. The number of aliphatic hydroxyl groups excluding tert-OH is 1. The Bertz CT molecular complexity index is 421. The maximum absolute atomic E-state index is 13.3. The smallest absolute Gasteiger partial charge is 0.416 e. The van der Waals surface area contributed by atoms with E-state index in [0.717, 1.165) is 12.1 Å². The van der Waals surface area contributed by atoms with Gasteiger partial charge in [0.05, 0.1) is 11.3 Å². The third kappa shape index (κ3) is 3.76. The van der Waals surface area contributed by atoms with E-state index in [-0.39, 0.29) is 17.7 Å². The van der Waals surface area contributed by atoms with Crippen molar-refractivity contribution in [3.05, 3.63) is 47.0 Å². The van der Waals surface area contributed by atoms with Gasteiger partial charge in [0.2, 0.25) is 0 Å². The van der Waals surface area contributed by atoms with E-state index in [1.54, 1.807) is 6.92 Å². The summed E-state index contributed by atoms with van der Waals surface area (Å²) in [6.07, 6.45) is -2.78. The number of halogens is 4. The van der Waals surface area contributed by atoms with Crippen LogP contribution in [0.3, 0.4) is 0 Å². The summed E-state index contributed by atoms with van der Waals surface area (Å²) in [6, 6.07) is 2.16. The Labute approximate surface area is 96.4 Å². The van der Waals surface area contributed by atoms with Crippen LogP contribution in [0.15, 0.2) is 30.0 Å². The van der Waals surface area contributed by atoms with E-state index in [0.29, 0.717) is 12.5 Å². The number of benzene rings is 1. The van der Waals surface area contributed by atoms with Crippen molar-refractivity contribution >= 4 is 0 Å². The van der Waals surface area contributed by atoms with Crippen LogP contribution in [-0.2, 0) is 12.6 Å². The minimum atomic E-state index is -4.51. The van der Waals surface area contributed by atoms with Gasteiger partial charge >= 0.3 is 6.18 Å². The van der Waals surface area contributed by atoms with Crippen molar-refractivity contribution in [3.8, 4) is 0 Å². The van der Waals surface area contributed by atoms with Gasteiger partial charge in [0.25, 0.3) is 0 Å². The quantitative estimate of drug-likeness (QED) is 0.626. The van der Waals surface area contributed by atoms with Crippen molar-refractivity contribution in [3.63, 3.8) is 0 Å². The van der Waals surface area contributed by atoms with Gasteiger partial charge in [-0.05, 0) is 36.3 Å². The molecule has 0 saturated heterocycles. The van der Waals surface area contributed by atoms with Gasteiger partial charge in [-0.1, -0.05) is 6.92 Å². The van der Waals surface area contributed by atoms with Crippen molar-refractivity contribution in [2.24, 2.45) is 0 Å². The molecule has 0 spiro atoms. The predicted octanol–water partition coefficient (Wildman–Crippen LogP) is 4.24. The molecule has 1 N–H and O–H groups in total. The first-order valence-electron chi connectivity index (χ1n) is 5.08. The third-order valence-corrected chi connectivity index (χ3v) is 2.18. The summed E-state index contributed by atoms with van der Waals surface area (Å²) < 4.78 is 50.4. The monoisotopic (exact) mass is 248 g/mol. The maximum atomic E-state index is 13.3. The lowest BCUT2D eigenvalue weighted by atomic mass is 10.1. The lowest BCUT2D eigenvalue weighted by molar-refractivity contribution is -0.137. The Kier molecular flexibility index (Phi) is 4.15. The van der Waals surface area contributed by atoms with Crippen molar-refractivity contribution in [1.29, 1.82) is 0 Å². The average Bonchev–Trinajstić information content (AvgIpc) is 2.20. The van der Waals surface area contributed by atoms with E-state index < -0.39 is 17.6 Å². The highest BCUT2D eigenvalue weighted by Crippen LogP contribution is 2.30. The fourth-order valence-corrected chi connectivity index (χ4v) is 1.39.